The molecule has 304 valence electrons. The van der Waals surface area contributed by atoms with Gasteiger partial charge in [0, 0.05) is 49.7 Å². The van der Waals surface area contributed by atoms with Crippen LogP contribution in [0.5, 0.6) is 11.8 Å². The van der Waals surface area contributed by atoms with Gasteiger partial charge in [-0.3, -0.25) is 24.6 Å². The van der Waals surface area contributed by atoms with E-state index in [1.807, 2.05) is 90.1 Å². The first kappa shape index (κ1) is 42.4. The molecule has 2 saturated heterocycles. The summed E-state index contributed by atoms with van der Waals surface area (Å²) in [4.78, 5) is 38.5. The molecule has 2 aliphatic rings. The third kappa shape index (κ3) is 11.5. The molecular weight excluding hydrogens is 725 g/mol. The van der Waals surface area contributed by atoms with Gasteiger partial charge >= 0.3 is 0 Å². The average molecular weight is 783 g/mol. The molecule has 2 aromatic heterocycles. The van der Waals surface area contributed by atoms with Crippen molar-refractivity contribution in [3.05, 3.63) is 107 Å². The Kier molecular flexibility index (Phi) is 13.9. The molecule has 2 fully saturated rings. The predicted molar refractivity (Wildman–Crippen MR) is 223 cm³/mol. The number of nitriles is 2. The third-order valence-corrected chi connectivity index (χ3v) is 11.3. The van der Waals surface area contributed by atoms with Crippen LogP contribution in [0.1, 0.15) is 101 Å². The van der Waals surface area contributed by atoms with Crippen molar-refractivity contribution in [2.45, 2.75) is 104 Å². The first-order valence-electron chi connectivity index (χ1n) is 20.7. The van der Waals surface area contributed by atoms with Crippen LogP contribution < -0.4 is 9.47 Å². The molecule has 0 aliphatic carbocycles. The molecule has 4 heterocycles. The number of ether oxygens (including phenoxy) is 2. The Hall–Kier alpha value is -5.23. The van der Waals surface area contributed by atoms with Gasteiger partial charge in [0.2, 0.25) is 11.8 Å². The van der Waals surface area contributed by atoms with Crippen molar-refractivity contribution in [1.29, 1.82) is 10.5 Å². The number of hydrogen-bond acceptors (Lipinski definition) is 11. The minimum absolute atomic E-state index is 0.134. The monoisotopic (exact) mass is 782 g/mol. The fourth-order valence-corrected chi connectivity index (χ4v) is 8.49. The van der Waals surface area contributed by atoms with Gasteiger partial charge < -0.3 is 9.47 Å². The largest absolute Gasteiger partial charge is 0.471 e. The molecule has 4 aromatic rings. The van der Waals surface area contributed by atoms with E-state index in [9.17, 15) is 10.5 Å². The first-order valence-corrected chi connectivity index (χ1v) is 20.7. The van der Waals surface area contributed by atoms with E-state index in [0.717, 1.165) is 74.4 Å². The lowest BCUT2D eigenvalue weighted by Gasteiger charge is -2.40. The molecule has 2 atom stereocenters. The molecule has 2 aromatic carbocycles. The molecule has 0 radical (unpaired) electrons. The molecule has 0 saturated carbocycles. The lowest BCUT2D eigenvalue weighted by molar-refractivity contribution is -0.131. The summed E-state index contributed by atoms with van der Waals surface area (Å²) < 4.78 is 12.3. The summed E-state index contributed by atoms with van der Waals surface area (Å²) in [6.07, 6.45) is 11.2. The highest BCUT2D eigenvalue weighted by atomic mass is 16.5. The molecule has 0 spiro atoms. The molecular formula is C47H58N8O3. The number of hydrogen-bond donors (Lipinski definition) is 0. The molecule has 2 aliphatic heterocycles. The third-order valence-electron chi connectivity index (χ3n) is 11.3. The molecule has 58 heavy (non-hydrogen) atoms. The van der Waals surface area contributed by atoms with Crippen LogP contribution in [0.2, 0.25) is 0 Å². The van der Waals surface area contributed by atoms with Gasteiger partial charge in [0.1, 0.15) is 28.4 Å². The van der Waals surface area contributed by atoms with Crippen molar-refractivity contribution in [3.8, 4) is 23.9 Å². The van der Waals surface area contributed by atoms with E-state index in [4.69, 9.17) is 9.47 Å². The van der Waals surface area contributed by atoms with Crippen molar-refractivity contribution in [2.24, 2.45) is 23.7 Å². The van der Waals surface area contributed by atoms with E-state index in [2.05, 4.69) is 41.9 Å². The minimum atomic E-state index is -0.396. The van der Waals surface area contributed by atoms with Crippen molar-refractivity contribution < 1.29 is 14.3 Å². The summed E-state index contributed by atoms with van der Waals surface area (Å²) in [5.41, 5.74) is 3.89. The van der Waals surface area contributed by atoms with Gasteiger partial charge in [0.05, 0.1) is 23.3 Å². The number of ketones is 1. The highest BCUT2D eigenvalue weighted by molar-refractivity contribution is 5.85. The highest BCUT2D eigenvalue weighted by Gasteiger charge is 2.40. The Morgan fingerprint density at radius 2 is 1.00 bits per heavy atom. The van der Waals surface area contributed by atoms with E-state index in [1.54, 1.807) is 24.8 Å². The van der Waals surface area contributed by atoms with Crippen molar-refractivity contribution in [3.63, 3.8) is 0 Å². The van der Waals surface area contributed by atoms with Gasteiger partial charge in [0.15, 0.2) is 0 Å². The average Bonchev–Trinajstić information content (AvgIpc) is 3.20. The zero-order chi connectivity index (χ0) is 41.3. The van der Waals surface area contributed by atoms with Crippen LogP contribution in [0.25, 0.3) is 0 Å². The van der Waals surface area contributed by atoms with Gasteiger partial charge in [-0.15, -0.1) is 0 Å². The molecule has 11 nitrogen and oxygen atoms in total. The van der Waals surface area contributed by atoms with Crippen molar-refractivity contribution in [1.82, 2.24) is 29.7 Å². The number of carbonyl (C=O) groups excluding carboxylic acids is 1. The van der Waals surface area contributed by atoms with Crippen molar-refractivity contribution in [2.75, 3.05) is 26.2 Å². The van der Waals surface area contributed by atoms with Crippen LogP contribution in [0, 0.1) is 46.3 Å². The number of rotatable bonds is 14. The SMILES string of the molecule is CC(C)(C)Oc1nccnc1CN1CCC(C(Cc2ccccc2C#N)C(=O)C(Cc2ccccc2C#N)C2CCN(Cc3nccnc3OC(C)(C)C)CC2)CC1. The smallest absolute Gasteiger partial charge is 0.237 e. The van der Waals surface area contributed by atoms with E-state index < -0.39 is 11.2 Å². The summed E-state index contributed by atoms with van der Waals surface area (Å²) >= 11 is 0. The molecule has 2 unspecified atom stereocenters. The molecule has 0 N–H and O–H groups in total. The number of piperidine rings is 2. The van der Waals surface area contributed by atoms with Crippen LogP contribution in [0.3, 0.4) is 0 Å². The number of likely N-dealkylation sites (tertiary alicyclic amines) is 2. The van der Waals surface area contributed by atoms with Gasteiger partial charge in [-0.1, -0.05) is 36.4 Å². The van der Waals surface area contributed by atoms with Gasteiger partial charge in [-0.05, 0) is 141 Å². The summed E-state index contributed by atoms with van der Waals surface area (Å²) in [5.74, 6) is 1.08. The Morgan fingerprint density at radius 1 is 0.638 bits per heavy atom. The Labute approximate surface area is 344 Å². The van der Waals surface area contributed by atoms with E-state index in [-0.39, 0.29) is 29.5 Å². The maximum Gasteiger partial charge on any atom is 0.237 e. The normalized spacial score (nSPS) is 17.2. The fourth-order valence-electron chi connectivity index (χ4n) is 8.49. The first-order chi connectivity index (χ1) is 27.8. The van der Waals surface area contributed by atoms with Gasteiger partial charge in [-0.2, -0.15) is 10.5 Å². The molecule has 0 bridgehead atoms. The Morgan fingerprint density at radius 3 is 1.36 bits per heavy atom. The topological polar surface area (TPSA) is 141 Å². The second-order valence-electron chi connectivity index (χ2n) is 17.8. The van der Waals surface area contributed by atoms with Crippen LogP contribution in [-0.2, 0) is 30.7 Å². The Bertz CT molecular complexity index is 1930. The number of Topliss-reactive ketones (excluding diaryl/α,β-unsaturated/α-hetero) is 1. The van der Waals surface area contributed by atoms with Crippen LogP contribution in [-0.4, -0.2) is 72.9 Å². The maximum absolute atomic E-state index is 15.5. The second-order valence-corrected chi connectivity index (χ2v) is 17.8. The summed E-state index contributed by atoms with van der Waals surface area (Å²) in [6, 6.07) is 20.2. The zero-order valence-corrected chi connectivity index (χ0v) is 35.0. The quantitative estimate of drug-likeness (QED) is 0.124. The van der Waals surface area contributed by atoms with Gasteiger partial charge in [0.25, 0.3) is 0 Å². The minimum Gasteiger partial charge on any atom is -0.471 e. The van der Waals surface area contributed by atoms with E-state index >= 15 is 4.79 Å². The predicted octanol–water partition coefficient (Wildman–Crippen LogP) is 7.78. The number of carbonyl (C=O) groups is 1. The van der Waals surface area contributed by atoms with E-state index in [0.29, 0.717) is 48.8 Å². The van der Waals surface area contributed by atoms with E-state index in [1.165, 1.54) is 0 Å². The zero-order valence-electron chi connectivity index (χ0n) is 35.0. The molecule has 6 rings (SSSR count). The highest BCUT2D eigenvalue weighted by Crippen LogP contribution is 2.38. The number of nitrogens with zero attached hydrogens (tertiary/aromatic N) is 8. The summed E-state index contributed by atoms with van der Waals surface area (Å²) in [6.45, 7) is 16.5. The Balaban J connectivity index is 1.24. The lowest BCUT2D eigenvalue weighted by Crippen LogP contribution is -2.44. The van der Waals surface area contributed by atoms with Crippen LogP contribution in [0.15, 0.2) is 73.3 Å². The summed E-state index contributed by atoms with van der Waals surface area (Å²) in [7, 11) is 0. The van der Waals surface area contributed by atoms with Gasteiger partial charge in [-0.25, -0.2) is 9.97 Å². The molecule has 11 heteroatoms. The molecule has 0 amide bonds. The number of aromatic nitrogens is 4. The van der Waals surface area contributed by atoms with Crippen molar-refractivity contribution >= 4 is 5.78 Å². The number of benzene rings is 2. The lowest BCUT2D eigenvalue weighted by atomic mass is 9.69. The standard InChI is InChI=1S/C47H58N8O3/c1-46(2,3)57-44-41(50-19-21-52-44)31-54-23-15-33(16-24-54)39(27-35-11-7-9-13-37(35)29-48)43(56)40(28-36-12-8-10-14-38(36)30-49)34-17-25-55(26-18-34)32-42-45(53-22-20-51-42)58-47(4,5)6/h7-14,19-22,33-34,39-40H,15-18,23-28,31-32H2,1-6H3. The van der Waals surface area contributed by atoms with Crippen LogP contribution >= 0.6 is 0 Å². The second kappa shape index (κ2) is 19.0. The summed E-state index contributed by atoms with van der Waals surface area (Å²) in [5, 5.41) is 20.2. The van der Waals surface area contributed by atoms with Crippen LogP contribution in [0.4, 0.5) is 0 Å². The fraction of sp³-hybridized carbons (Fsp3) is 0.511. The maximum atomic E-state index is 15.5.